The number of thiophene rings is 1. The van der Waals surface area contributed by atoms with Crippen LogP contribution in [-0.4, -0.2) is 9.97 Å². The summed E-state index contributed by atoms with van der Waals surface area (Å²) in [5.74, 6) is 0.407. The number of hydrogen-bond acceptors (Lipinski definition) is 4. The molecule has 3 rings (SSSR count). The summed E-state index contributed by atoms with van der Waals surface area (Å²) in [5.41, 5.74) is 0.166. The van der Waals surface area contributed by atoms with Crippen LogP contribution in [0.2, 0.25) is 0 Å². The third kappa shape index (κ3) is 3.77. The number of benzene rings is 1. The lowest BCUT2D eigenvalue weighted by atomic mass is 10.0. The summed E-state index contributed by atoms with van der Waals surface area (Å²) in [7, 11) is 0. The minimum absolute atomic E-state index is 0.156. The van der Waals surface area contributed by atoms with Crippen molar-refractivity contribution in [1.29, 1.82) is 0 Å². The van der Waals surface area contributed by atoms with E-state index in [1.54, 1.807) is 19.9 Å². The van der Waals surface area contributed by atoms with Gasteiger partial charge in [-0.3, -0.25) is 4.79 Å². The zero-order valence-corrected chi connectivity index (χ0v) is 16.2. The van der Waals surface area contributed by atoms with Crippen LogP contribution in [0.25, 0.3) is 10.2 Å². The van der Waals surface area contributed by atoms with Crippen molar-refractivity contribution in [3.05, 3.63) is 62.0 Å². The van der Waals surface area contributed by atoms with Crippen LogP contribution < -0.4 is 10.9 Å². The van der Waals surface area contributed by atoms with Gasteiger partial charge < -0.3 is 10.3 Å². The molecule has 8 heteroatoms. The summed E-state index contributed by atoms with van der Waals surface area (Å²) in [6.45, 7) is 7.24. The average Bonchev–Trinajstić information content (AvgIpc) is 2.88. The number of H-pyrrole nitrogens is 1. The minimum atomic E-state index is -4.42. The maximum absolute atomic E-state index is 13.3. The van der Waals surface area contributed by atoms with Crippen LogP contribution in [-0.2, 0) is 6.18 Å². The first-order valence-corrected chi connectivity index (χ1v) is 9.33. The summed E-state index contributed by atoms with van der Waals surface area (Å²) >= 11 is 1.44. The molecule has 0 fully saturated rings. The van der Waals surface area contributed by atoms with Gasteiger partial charge in [0, 0.05) is 10.9 Å². The highest BCUT2D eigenvalue weighted by atomic mass is 32.1. The first kappa shape index (κ1) is 19.6. The van der Waals surface area contributed by atoms with Crippen LogP contribution in [0.3, 0.4) is 0 Å². The second kappa shape index (κ2) is 7.09. The Morgan fingerprint density at radius 1 is 1.15 bits per heavy atom. The van der Waals surface area contributed by atoms with Crippen LogP contribution in [0.5, 0.6) is 0 Å². The van der Waals surface area contributed by atoms with Crippen LogP contribution in [0.1, 0.15) is 53.3 Å². The minimum Gasteiger partial charge on any atom is -0.309 e. The van der Waals surface area contributed by atoms with Gasteiger partial charge in [0.15, 0.2) is 0 Å². The van der Waals surface area contributed by atoms with E-state index in [9.17, 15) is 18.0 Å². The van der Waals surface area contributed by atoms with Crippen molar-refractivity contribution in [2.24, 2.45) is 0 Å². The largest absolute Gasteiger partial charge is 0.416 e. The number of hydrogen-bond donors (Lipinski definition) is 2. The van der Waals surface area contributed by atoms with Crippen molar-refractivity contribution >= 4 is 21.6 Å². The second-order valence-electron chi connectivity index (χ2n) is 6.61. The number of nitrogens with one attached hydrogen (secondary N) is 2. The fraction of sp³-hybridized carbons (Fsp3) is 0.368. The lowest BCUT2D eigenvalue weighted by molar-refractivity contribution is -0.138. The van der Waals surface area contributed by atoms with Gasteiger partial charge in [-0.15, -0.1) is 11.3 Å². The van der Waals surface area contributed by atoms with E-state index >= 15 is 0 Å². The van der Waals surface area contributed by atoms with Gasteiger partial charge in [0.05, 0.1) is 17.0 Å². The third-order valence-electron chi connectivity index (χ3n) is 4.70. The summed E-state index contributed by atoms with van der Waals surface area (Å²) in [6, 6.07) is 4.47. The van der Waals surface area contributed by atoms with Crippen molar-refractivity contribution in [3.63, 3.8) is 0 Å². The Labute approximate surface area is 158 Å². The number of aromatic amines is 1. The molecule has 4 nitrogen and oxygen atoms in total. The predicted octanol–water partition coefficient (Wildman–Crippen LogP) is 5.03. The average molecular weight is 395 g/mol. The van der Waals surface area contributed by atoms with E-state index in [4.69, 9.17) is 0 Å². The molecule has 0 aliphatic carbocycles. The molecular formula is C19H20F3N3OS. The molecule has 0 spiro atoms. The van der Waals surface area contributed by atoms with Crippen molar-refractivity contribution in [1.82, 2.24) is 15.3 Å². The molecule has 2 N–H and O–H groups in total. The first-order valence-electron chi connectivity index (χ1n) is 8.51. The van der Waals surface area contributed by atoms with Gasteiger partial charge in [-0.05, 0) is 44.9 Å². The highest BCUT2D eigenvalue weighted by molar-refractivity contribution is 7.18. The van der Waals surface area contributed by atoms with E-state index in [0.717, 1.165) is 16.5 Å². The molecule has 0 unspecified atom stereocenters. The maximum atomic E-state index is 13.3. The van der Waals surface area contributed by atoms with Crippen molar-refractivity contribution in [3.8, 4) is 0 Å². The highest BCUT2D eigenvalue weighted by Crippen LogP contribution is 2.35. The van der Waals surface area contributed by atoms with Crippen LogP contribution in [0, 0.1) is 13.8 Å². The van der Waals surface area contributed by atoms with E-state index in [1.165, 1.54) is 23.5 Å². The van der Waals surface area contributed by atoms with Gasteiger partial charge in [-0.1, -0.05) is 18.2 Å². The Bertz CT molecular complexity index is 1040. The molecule has 0 aliphatic rings. The number of aryl methyl sites for hydroxylation is 2. The predicted molar refractivity (Wildman–Crippen MR) is 101 cm³/mol. The molecule has 0 aliphatic heterocycles. The van der Waals surface area contributed by atoms with E-state index < -0.39 is 23.8 Å². The van der Waals surface area contributed by atoms with Crippen molar-refractivity contribution < 1.29 is 13.2 Å². The number of alkyl halides is 3. The van der Waals surface area contributed by atoms with Gasteiger partial charge in [-0.25, -0.2) is 4.98 Å². The molecular weight excluding hydrogens is 375 g/mol. The summed E-state index contributed by atoms with van der Waals surface area (Å²) < 4.78 is 39.8. The Kier molecular flexibility index (Phi) is 5.14. The van der Waals surface area contributed by atoms with E-state index in [0.29, 0.717) is 16.0 Å². The molecule has 0 saturated heterocycles. The lowest BCUT2D eigenvalue weighted by Crippen LogP contribution is -2.27. The van der Waals surface area contributed by atoms with Gasteiger partial charge >= 0.3 is 6.18 Å². The molecule has 1 aromatic carbocycles. The monoisotopic (exact) mass is 395 g/mol. The Hall–Kier alpha value is -2.19. The fourth-order valence-electron chi connectivity index (χ4n) is 3.15. The zero-order valence-electron chi connectivity index (χ0n) is 15.4. The van der Waals surface area contributed by atoms with Crippen LogP contribution in [0.15, 0.2) is 29.1 Å². The Balaban J connectivity index is 1.91. The van der Waals surface area contributed by atoms with Gasteiger partial charge in [0.1, 0.15) is 10.7 Å². The van der Waals surface area contributed by atoms with E-state index in [2.05, 4.69) is 15.3 Å². The molecule has 2 heterocycles. The summed E-state index contributed by atoms with van der Waals surface area (Å²) in [4.78, 5) is 21.4. The third-order valence-corrected chi connectivity index (χ3v) is 5.80. The van der Waals surface area contributed by atoms with Gasteiger partial charge in [0.25, 0.3) is 5.56 Å². The maximum Gasteiger partial charge on any atom is 0.416 e. The van der Waals surface area contributed by atoms with E-state index in [-0.39, 0.29) is 11.1 Å². The molecule has 0 amide bonds. The topological polar surface area (TPSA) is 57.8 Å². The number of aromatic nitrogens is 2. The molecule has 0 radical (unpaired) electrons. The van der Waals surface area contributed by atoms with Gasteiger partial charge in [0.2, 0.25) is 0 Å². The molecule has 2 atom stereocenters. The molecule has 0 bridgehead atoms. The van der Waals surface area contributed by atoms with E-state index in [1.807, 2.05) is 13.8 Å². The quantitative estimate of drug-likeness (QED) is 0.651. The Morgan fingerprint density at radius 3 is 2.48 bits per heavy atom. The summed E-state index contributed by atoms with van der Waals surface area (Å²) in [6.07, 6.45) is -4.42. The molecule has 144 valence electrons. The van der Waals surface area contributed by atoms with Crippen LogP contribution in [0.4, 0.5) is 13.2 Å². The molecule has 0 saturated carbocycles. The highest BCUT2D eigenvalue weighted by Gasteiger charge is 2.34. The van der Waals surface area contributed by atoms with Gasteiger partial charge in [-0.2, -0.15) is 13.2 Å². The molecule has 27 heavy (non-hydrogen) atoms. The standard InChI is InChI=1S/C19H20F3N3OS/c1-9-12(4)27-18-15(9)17(26)24-16(25-18)11(3)23-10(2)13-7-5-6-8-14(13)19(20,21)22/h5-8,10-11,23H,1-4H3,(H,24,25,26)/t10-,11-/m0/s1. The SMILES string of the molecule is Cc1sc2nc([C@H](C)N[C@@H](C)c3ccccc3C(F)(F)F)[nH]c(=O)c2c1C. The number of rotatable bonds is 4. The smallest absolute Gasteiger partial charge is 0.309 e. The number of fused-ring (bicyclic) bond motifs is 1. The zero-order chi connectivity index (χ0) is 19.9. The fourth-order valence-corrected chi connectivity index (χ4v) is 4.19. The second-order valence-corrected chi connectivity index (χ2v) is 7.81. The Morgan fingerprint density at radius 2 is 1.81 bits per heavy atom. The normalized spacial score (nSPS) is 14.5. The molecule has 2 aromatic heterocycles. The lowest BCUT2D eigenvalue weighted by Gasteiger charge is -2.23. The molecule has 3 aromatic rings. The number of nitrogens with zero attached hydrogens (tertiary/aromatic N) is 1. The number of halogens is 3. The van der Waals surface area contributed by atoms with Crippen molar-refractivity contribution in [2.75, 3.05) is 0 Å². The summed E-state index contributed by atoms with van der Waals surface area (Å²) in [5, 5.41) is 3.68. The first-order chi connectivity index (χ1) is 12.6. The van der Waals surface area contributed by atoms with Crippen molar-refractivity contribution in [2.45, 2.75) is 46.0 Å². The van der Waals surface area contributed by atoms with Crippen LogP contribution >= 0.6 is 11.3 Å².